The number of nitrogens with zero attached hydrogens (tertiary/aromatic N) is 2. The van der Waals surface area contributed by atoms with Crippen molar-refractivity contribution in [2.75, 3.05) is 60.0 Å². The predicted molar refractivity (Wildman–Crippen MR) is 136 cm³/mol. The number of benzene rings is 1. The van der Waals surface area contributed by atoms with Crippen LogP contribution in [-0.4, -0.2) is 75.7 Å². The fraction of sp³-hybridized carbons (Fsp3) is 0.741. The molecule has 0 aliphatic heterocycles. The second-order valence-corrected chi connectivity index (χ2v) is 11.0. The average molecular weight is 448 g/mol. The Morgan fingerprint density at radius 3 is 2.25 bits per heavy atom. The summed E-state index contributed by atoms with van der Waals surface area (Å²) in [6.07, 6.45) is 2.50. The summed E-state index contributed by atoms with van der Waals surface area (Å²) in [5, 5.41) is 3.56. The molecule has 184 valence electrons. The predicted octanol–water partition coefficient (Wildman–Crippen LogP) is 4.39. The number of nitrogens with one attached hydrogen (secondary N) is 1. The summed E-state index contributed by atoms with van der Waals surface area (Å²) < 4.78 is 6.14. The second kappa shape index (κ2) is 14.0. The Hall–Kier alpha value is -1.43. The van der Waals surface area contributed by atoms with Crippen LogP contribution in [0.2, 0.25) is 0 Å². The van der Waals surface area contributed by atoms with E-state index in [0.29, 0.717) is 19.6 Å². The molecule has 0 radical (unpaired) electrons. The maximum Gasteiger partial charge on any atom is 0.222 e. The highest BCUT2D eigenvalue weighted by Gasteiger charge is 2.26. The first-order valence-electron chi connectivity index (χ1n) is 12.2. The van der Waals surface area contributed by atoms with Crippen LogP contribution < -0.4 is 5.32 Å². The molecular weight excluding hydrogens is 398 g/mol. The van der Waals surface area contributed by atoms with E-state index in [9.17, 15) is 4.79 Å². The van der Waals surface area contributed by atoms with Gasteiger partial charge in [0.2, 0.25) is 5.91 Å². The first-order valence-corrected chi connectivity index (χ1v) is 12.2. The maximum absolute atomic E-state index is 12.8. The Morgan fingerprint density at radius 2 is 1.66 bits per heavy atom. The van der Waals surface area contributed by atoms with E-state index in [1.54, 1.807) is 0 Å². The molecule has 1 aromatic carbocycles. The largest absolute Gasteiger partial charge is 0.380 e. The molecule has 1 N–H and O–H groups in total. The minimum absolute atomic E-state index is 0.0786. The van der Waals surface area contributed by atoms with Gasteiger partial charge in [-0.2, -0.15) is 0 Å². The van der Waals surface area contributed by atoms with Crippen molar-refractivity contribution >= 4 is 5.91 Å². The molecule has 5 heteroatoms. The summed E-state index contributed by atoms with van der Waals surface area (Å²) in [4.78, 5) is 17.0. The molecule has 0 saturated heterocycles. The smallest absolute Gasteiger partial charge is 0.222 e. The zero-order valence-corrected chi connectivity index (χ0v) is 22.1. The Bertz CT molecular complexity index is 653. The number of aryl methyl sites for hydroxylation is 2. The van der Waals surface area contributed by atoms with Gasteiger partial charge in [-0.15, -0.1) is 0 Å². The highest BCUT2D eigenvalue weighted by atomic mass is 16.5. The normalized spacial score (nSPS) is 12.4. The van der Waals surface area contributed by atoms with Crippen molar-refractivity contribution in [1.82, 2.24) is 15.1 Å². The molecule has 0 aliphatic carbocycles. The molecule has 0 aromatic heterocycles. The van der Waals surface area contributed by atoms with Crippen molar-refractivity contribution < 1.29 is 9.53 Å². The third-order valence-electron chi connectivity index (χ3n) is 5.65. The molecule has 5 nitrogen and oxygen atoms in total. The number of rotatable bonds is 16. The van der Waals surface area contributed by atoms with Gasteiger partial charge in [0.1, 0.15) is 0 Å². The van der Waals surface area contributed by atoms with Crippen molar-refractivity contribution in [2.24, 2.45) is 10.8 Å². The monoisotopic (exact) mass is 447 g/mol. The minimum atomic E-state index is -0.0786. The minimum Gasteiger partial charge on any atom is -0.380 e. The summed E-state index contributed by atoms with van der Waals surface area (Å²) in [6.45, 7) is 18.9. The number of hydrogen-bond donors (Lipinski definition) is 1. The van der Waals surface area contributed by atoms with Gasteiger partial charge in [-0.3, -0.25) is 4.79 Å². The van der Waals surface area contributed by atoms with Crippen LogP contribution in [0.25, 0.3) is 0 Å². The van der Waals surface area contributed by atoms with E-state index in [2.05, 4.69) is 90.1 Å². The quantitative estimate of drug-likeness (QED) is 0.382. The lowest BCUT2D eigenvalue weighted by Crippen LogP contribution is -2.41. The summed E-state index contributed by atoms with van der Waals surface area (Å²) >= 11 is 0. The summed E-state index contributed by atoms with van der Waals surface area (Å²) in [7, 11) is 4.22. The second-order valence-electron chi connectivity index (χ2n) is 11.0. The van der Waals surface area contributed by atoms with Crippen LogP contribution in [0.5, 0.6) is 0 Å². The van der Waals surface area contributed by atoms with Crippen LogP contribution in [-0.2, 0) is 16.0 Å². The first kappa shape index (κ1) is 28.6. The van der Waals surface area contributed by atoms with Crippen molar-refractivity contribution in [1.29, 1.82) is 0 Å². The van der Waals surface area contributed by atoms with Crippen LogP contribution in [0.3, 0.4) is 0 Å². The number of ether oxygens (including phenoxy) is 1. The lowest BCUT2D eigenvalue weighted by Gasteiger charge is -2.33. The SMILES string of the molecule is CCN(CC(C)(C)COCC(C)(C)CNCCCN(C)C)C(=O)CCc1ccc(C)cc1. The summed E-state index contributed by atoms with van der Waals surface area (Å²) in [5.74, 6) is 0.225. The summed E-state index contributed by atoms with van der Waals surface area (Å²) in [5.41, 5.74) is 2.48. The van der Waals surface area contributed by atoms with Crippen molar-refractivity contribution in [2.45, 2.75) is 60.8 Å². The van der Waals surface area contributed by atoms with Gasteiger partial charge < -0.3 is 19.9 Å². The van der Waals surface area contributed by atoms with Crippen molar-refractivity contribution in [3.8, 4) is 0 Å². The molecule has 0 unspecified atom stereocenters. The highest BCUT2D eigenvalue weighted by molar-refractivity contribution is 5.76. The van der Waals surface area contributed by atoms with Gasteiger partial charge in [0.15, 0.2) is 0 Å². The lowest BCUT2D eigenvalue weighted by atomic mass is 9.92. The Kier molecular flexibility index (Phi) is 12.5. The number of amides is 1. The zero-order chi connectivity index (χ0) is 24.2. The zero-order valence-electron chi connectivity index (χ0n) is 22.1. The third kappa shape index (κ3) is 12.6. The van der Waals surface area contributed by atoms with Crippen LogP contribution in [0.1, 0.15) is 58.6 Å². The Morgan fingerprint density at radius 1 is 1.03 bits per heavy atom. The molecule has 1 rings (SSSR count). The highest BCUT2D eigenvalue weighted by Crippen LogP contribution is 2.21. The van der Waals surface area contributed by atoms with Gasteiger partial charge in [0.05, 0.1) is 13.2 Å². The van der Waals surface area contributed by atoms with Gasteiger partial charge in [-0.05, 0) is 59.4 Å². The molecule has 32 heavy (non-hydrogen) atoms. The third-order valence-corrected chi connectivity index (χ3v) is 5.65. The molecule has 0 heterocycles. The van der Waals surface area contributed by atoms with Gasteiger partial charge >= 0.3 is 0 Å². The van der Waals surface area contributed by atoms with E-state index in [1.165, 1.54) is 11.1 Å². The van der Waals surface area contributed by atoms with E-state index in [0.717, 1.165) is 45.6 Å². The molecule has 0 fully saturated rings. The molecule has 0 spiro atoms. The van der Waals surface area contributed by atoms with Crippen LogP contribution in [0.4, 0.5) is 0 Å². The molecule has 0 aliphatic rings. The van der Waals surface area contributed by atoms with Crippen molar-refractivity contribution in [3.05, 3.63) is 35.4 Å². The standard InChI is InChI=1S/C27H49N3O2/c1-9-30(25(31)16-15-24-13-11-23(2)12-14-24)20-27(5,6)22-32-21-26(3,4)19-28-17-10-18-29(7)8/h11-14,28H,9-10,15-22H2,1-8H3. The summed E-state index contributed by atoms with van der Waals surface area (Å²) in [6, 6.07) is 8.46. The number of carbonyl (C=O) groups excluding carboxylic acids is 1. The fourth-order valence-corrected chi connectivity index (χ4v) is 3.70. The topological polar surface area (TPSA) is 44.8 Å². The Balaban J connectivity index is 2.38. The molecule has 0 bridgehead atoms. The molecule has 0 saturated carbocycles. The van der Waals surface area contributed by atoms with E-state index in [-0.39, 0.29) is 16.7 Å². The van der Waals surface area contributed by atoms with Gasteiger partial charge in [-0.25, -0.2) is 0 Å². The van der Waals surface area contributed by atoms with E-state index in [1.807, 2.05) is 4.90 Å². The van der Waals surface area contributed by atoms with Gasteiger partial charge in [-0.1, -0.05) is 57.5 Å². The first-order chi connectivity index (χ1) is 14.9. The molecule has 1 amide bonds. The maximum atomic E-state index is 12.8. The van der Waals surface area contributed by atoms with E-state index < -0.39 is 0 Å². The number of hydrogen-bond acceptors (Lipinski definition) is 4. The van der Waals surface area contributed by atoms with Gasteiger partial charge in [0, 0.05) is 36.9 Å². The van der Waals surface area contributed by atoms with Crippen LogP contribution >= 0.6 is 0 Å². The van der Waals surface area contributed by atoms with Crippen molar-refractivity contribution in [3.63, 3.8) is 0 Å². The lowest BCUT2D eigenvalue weighted by molar-refractivity contribution is -0.133. The number of carbonyl (C=O) groups is 1. The Labute approximate surface area is 197 Å². The fourth-order valence-electron chi connectivity index (χ4n) is 3.70. The average Bonchev–Trinajstić information content (AvgIpc) is 2.70. The molecule has 0 atom stereocenters. The molecule has 1 aromatic rings. The van der Waals surface area contributed by atoms with E-state index in [4.69, 9.17) is 4.74 Å². The van der Waals surface area contributed by atoms with Gasteiger partial charge in [0.25, 0.3) is 0 Å². The van der Waals surface area contributed by atoms with Crippen LogP contribution in [0, 0.1) is 17.8 Å². The van der Waals surface area contributed by atoms with Crippen LogP contribution in [0.15, 0.2) is 24.3 Å². The van der Waals surface area contributed by atoms with E-state index >= 15 is 0 Å². The molecular formula is C27H49N3O2.